The SMILES string of the molecule is N=C1C=NNC1. The second-order valence-electron chi connectivity index (χ2n) is 1.12. The van der Waals surface area contributed by atoms with Crippen LogP contribution in [-0.4, -0.2) is 18.5 Å². The van der Waals surface area contributed by atoms with E-state index in [1.54, 1.807) is 0 Å². The highest BCUT2D eigenvalue weighted by atomic mass is 15.3. The minimum atomic E-state index is 0.551. The zero-order valence-corrected chi connectivity index (χ0v) is 3.23. The Labute approximate surface area is 35.6 Å². The van der Waals surface area contributed by atoms with E-state index in [0.29, 0.717) is 12.3 Å². The Kier molecular flexibility index (Phi) is 0.602. The van der Waals surface area contributed by atoms with E-state index in [0.717, 1.165) is 0 Å². The Bertz CT molecular complexity index is 94.2. The first-order valence-electron chi connectivity index (χ1n) is 1.73. The lowest BCUT2D eigenvalue weighted by molar-refractivity contribution is 0.879. The van der Waals surface area contributed by atoms with Crippen LogP contribution in [0.25, 0.3) is 0 Å². The molecule has 1 aliphatic heterocycles. The molecule has 0 radical (unpaired) electrons. The van der Waals surface area contributed by atoms with Crippen LogP contribution in [-0.2, 0) is 0 Å². The largest absolute Gasteiger partial charge is 0.304 e. The first-order valence-corrected chi connectivity index (χ1v) is 1.73. The molecule has 2 N–H and O–H groups in total. The maximum absolute atomic E-state index is 6.84. The van der Waals surface area contributed by atoms with E-state index in [4.69, 9.17) is 5.41 Å². The normalized spacial score (nSPS) is 18.3. The van der Waals surface area contributed by atoms with Crippen molar-refractivity contribution in [1.82, 2.24) is 5.43 Å². The third kappa shape index (κ3) is 0.381. The molecule has 0 fully saturated rings. The summed E-state index contributed by atoms with van der Waals surface area (Å²) in [7, 11) is 0. The fourth-order valence-electron chi connectivity index (χ4n) is 0.300. The van der Waals surface area contributed by atoms with Crippen molar-refractivity contribution in [1.29, 1.82) is 5.41 Å². The van der Waals surface area contributed by atoms with E-state index in [1.165, 1.54) is 6.21 Å². The van der Waals surface area contributed by atoms with Crippen LogP contribution < -0.4 is 5.43 Å². The first kappa shape index (κ1) is 3.33. The van der Waals surface area contributed by atoms with E-state index in [9.17, 15) is 0 Å². The van der Waals surface area contributed by atoms with E-state index >= 15 is 0 Å². The van der Waals surface area contributed by atoms with Gasteiger partial charge in [-0.05, 0) is 0 Å². The number of nitrogens with one attached hydrogen (secondary N) is 2. The molecule has 0 amide bonds. The van der Waals surface area contributed by atoms with Crippen molar-refractivity contribution >= 4 is 11.9 Å². The van der Waals surface area contributed by atoms with Gasteiger partial charge in [0.05, 0.1) is 18.5 Å². The molecule has 6 heavy (non-hydrogen) atoms. The maximum atomic E-state index is 6.84. The van der Waals surface area contributed by atoms with E-state index in [2.05, 4.69) is 10.5 Å². The van der Waals surface area contributed by atoms with Gasteiger partial charge in [0, 0.05) is 0 Å². The van der Waals surface area contributed by atoms with Crippen molar-refractivity contribution in [2.24, 2.45) is 5.10 Å². The van der Waals surface area contributed by atoms with Gasteiger partial charge in [0.1, 0.15) is 0 Å². The highest BCUT2D eigenvalue weighted by molar-refractivity contribution is 6.31. The van der Waals surface area contributed by atoms with Gasteiger partial charge in [0.2, 0.25) is 0 Å². The second-order valence-corrected chi connectivity index (χ2v) is 1.12. The Hall–Kier alpha value is -0.860. The monoisotopic (exact) mass is 83.0 g/mol. The number of rotatable bonds is 0. The zero-order chi connectivity index (χ0) is 4.41. The van der Waals surface area contributed by atoms with Gasteiger partial charge in [-0.3, -0.25) is 0 Å². The summed E-state index contributed by atoms with van der Waals surface area (Å²) in [5.41, 5.74) is 3.17. The van der Waals surface area contributed by atoms with Gasteiger partial charge in [-0.25, -0.2) is 0 Å². The lowest BCUT2D eigenvalue weighted by Crippen LogP contribution is -2.06. The molecule has 3 nitrogen and oxygen atoms in total. The molecule has 0 aromatic rings. The number of hydrogen-bond donors (Lipinski definition) is 2. The molecule has 0 spiro atoms. The van der Waals surface area contributed by atoms with E-state index in [-0.39, 0.29) is 0 Å². The molecule has 0 unspecified atom stereocenters. The maximum Gasteiger partial charge on any atom is 0.0761 e. The van der Waals surface area contributed by atoms with Crippen LogP contribution in [0.15, 0.2) is 5.10 Å². The van der Waals surface area contributed by atoms with Gasteiger partial charge >= 0.3 is 0 Å². The molecule has 0 aliphatic carbocycles. The summed E-state index contributed by atoms with van der Waals surface area (Å²) in [5, 5.41) is 10.4. The second kappa shape index (κ2) is 1.08. The Morgan fingerprint density at radius 3 is 3.00 bits per heavy atom. The quantitative estimate of drug-likeness (QED) is 0.411. The van der Waals surface area contributed by atoms with Crippen LogP contribution >= 0.6 is 0 Å². The average molecular weight is 83.1 g/mol. The Morgan fingerprint density at radius 1 is 2.00 bits per heavy atom. The summed E-state index contributed by atoms with van der Waals surface area (Å²) in [6.45, 7) is 0.597. The molecule has 0 aromatic carbocycles. The van der Waals surface area contributed by atoms with Gasteiger partial charge in [0.25, 0.3) is 0 Å². The van der Waals surface area contributed by atoms with Crippen molar-refractivity contribution in [2.45, 2.75) is 0 Å². The Morgan fingerprint density at radius 2 is 2.83 bits per heavy atom. The van der Waals surface area contributed by atoms with E-state index in [1.807, 2.05) is 0 Å². The van der Waals surface area contributed by atoms with Gasteiger partial charge in [-0.2, -0.15) is 5.10 Å². The molecule has 0 aromatic heterocycles. The molecule has 0 atom stereocenters. The molecule has 0 saturated heterocycles. The van der Waals surface area contributed by atoms with Gasteiger partial charge in [-0.15, -0.1) is 0 Å². The van der Waals surface area contributed by atoms with Crippen molar-refractivity contribution < 1.29 is 0 Å². The lowest BCUT2D eigenvalue weighted by Gasteiger charge is -1.78. The van der Waals surface area contributed by atoms with Crippen LogP contribution in [0.2, 0.25) is 0 Å². The van der Waals surface area contributed by atoms with Crippen molar-refractivity contribution in [3.63, 3.8) is 0 Å². The fourth-order valence-corrected chi connectivity index (χ4v) is 0.300. The van der Waals surface area contributed by atoms with Crippen LogP contribution in [0.3, 0.4) is 0 Å². The average Bonchev–Trinajstić information content (AvgIpc) is 1.86. The summed E-state index contributed by atoms with van der Waals surface area (Å²) in [6, 6.07) is 0. The summed E-state index contributed by atoms with van der Waals surface area (Å²) in [6.07, 6.45) is 1.50. The predicted octanol–water partition coefficient (Wildman–Crippen LogP) is -0.405. The molecule has 0 saturated carbocycles. The lowest BCUT2D eigenvalue weighted by atomic mass is 10.4. The van der Waals surface area contributed by atoms with Crippen molar-refractivity contribution in [2.75, 3.05) is 6.54 Å². The summed E-state index contributed by atoms with van der Waals surface area (Å²) >= 11 is 0. The van der Waals surface area contributed by atoms with Crippen LogP contribution in [0.1, 0.15) is 0 Å². The minimum Gasteiger partial charge on any atom is -0.304 e. The molecular formula is C3H5N3. The van der Waals surface area contributed by atoms with Crippen molar-refractivity contribution in [3.05, 3.63) is 0 Å². The molecule has 0 bridgehead atoms. The molecular weight excluding hydrogens is 78.1 g/mol. The van der Waals surface area contributed by atoms with Gasteiger partial charge in [0.15, 0.2) is 0 Å². The predicted molar refractivity (Wildman–Crippen MR) is 24.2 cm³/mol. The zero-order valence-electron chi connectivity index (χ0n) is 3.23. The highest BCUT2D eigenvalue weighted by Gasteiger charge is 1.93. The van der Waals surface area contributed by atoms with Crippen LogP contribution in [0.4, 0.5) is 0 Å². The topological polar surface area (TPSA) is 48.2 Å². The summed E-state index contributed by atoms with van der Waals surface area (Å²) in [4.78, 5) is 0. The molecule has 1 heterocycles. The molecule has 1 aliphatic rings. The fraction of sp³-hybridized carbons (Fsp3) is 0.333. The minimum absolute atomic E-state index is 0.551. The summed E-state index contributed by atoms with van der Waals surface area (Å²) < 4.78 is 0. The third-order valence-electron chi connectivity index (χ3n) is 0.581. The Balaban J connectivity index is 2.59. The van der Waals surface area contributed by atoms with Gasteiger partial charge < -0.3 is 10.8 Å². The molecule has 3 heteroatoms. The van der Waals surface area contributed by atoms with Crippen LogP contribution in [0, 0.1) is 5.41 Å². The molecule has 32 valence electrons. The number of nitrogens with zero attached hydrogens (tertiary/aromatic N) is 1. The smallest absolute Gasteiger partial charge is 0.0761 e. The molecule has 1 rings (SSSR count). The summed E-state index contributed by atoms with van der Waals surface area (Å²) in [5.74, 6) is 0. The van der Waals surface area contributed by atoms with Crippen molar-refractivity contribution in [3.8, 4) is 0 Å². The highest BCUT2D eigenvalue weighted by Crippen LogP contribution is 1.72. The van der Waals surface area contributed by atoms with E-state index < -0.39 is 0 Å². The first-order chi connectivity index (χ1) is 2.89. The number of hydrogen-bond acceptors (Lipinski definition) is 3. The van der Waals surface area contributed by atoms with Crippen LogP contribution in [0.5, 0.6) is 0 Å². The number of hydrazone groups is 1. The van der Waals surface area contributed by atoms with Gasteiger partial charge in [-0.1, -0.05) is 0 Å². The third-order valence-corrected chi connectivity index (χ3v) is 0.581. The standard InChI is InChI=1S/C3H5N3/c4-3-1-5-6-2-3/h1,4,6H,2H2.